The molecule has 0 aromatic rings. The number of hydrogen-bond acceptors (Lipinski definition) is 7. The highest BCUT2D eigenvalue weighted by Crippen LogP contribution is 2.42. The quantitative estimate of drug-likeness (QED) is 0.0315. The van der Waals surface area contributed by atoms with Gasteiger partial charge in [0, 0.05) is 20.0 Å². The van der Waals surface area contributed by atoms with Crippen molar-refractivity contribution in [2.75, 3.05) is 20.3 Å². The standard InChI is InChI=1S/C38H67O8P/c1-4-6-8-10-12-14-16-17-18-19-20-21-23-25-27-29-31-33-38(40)46-36(35-45-47(41,42)43-3)34-44-37(39)32-30-28-26-24-22-15-13-11-9-7-5-2/h6,8,12,14,17-18,20-21,36H,4-5,7,9-11,13,15-16,19,22-35H2,1-3H3,(H,41,42)/b8-6-,14-12-,18-17-,21-20-. The molecule has 0 aromatic heterocycles. The van der Waals surface area contributed by atoms with Gasteiger partial charge in [0.1, 0.15) is 6.61 Å². The normalized spacial score (nSPS) is 14.0. The minimum Gasteiger partial charge on any atom is -0.462 e. The maximum Gasteiger partial charge on any atom is 0.472 e. The van der Waals surface area contributed by atoms with E-state index in [4.69, 9.17) is 14.0 Å². The molecule has 0 aliphatic rings. The molecule has 0 fully saturated rings. The molecule has 2 atom stereocenters. The number of allylic oxidation sites excluding steroid dienone is 8. The summed E-state index contributed by atoms with van der Waals surface area (Å²) in [6.07, 6.45) is 38.7. The van der Waals surface area contributed by atoms with E-state index in [1.165, 1.54) is 51.4 Å². The third-order valence-electron chi connectivity index (χ3n) is 7.59. The van der Waals surface area contributed by atoms with Crippen molar-refractivity contribution in [1.82, 2.24) is 0 Å². The molecule has 9 heteroatoms. The van der Waals surface area contributed by atoms with Crippen molar-refractivity contribution >= 4 is 19.8 Å². The number of phosphoric ester groups is 1. The Labute approximate surface area is 287 Å². The first-order valence-corrected chi connectivity index (χ1v) is 19.8. The van der Waals surface area contributed by atoms with E-state index in [0.717, 1.165) is 77.7 Å². The predicted octanol–water partition coefficient (Wildman–Crippen LogP) is 11.1. The Hall–Kier alpha value is -1.99. The summed E-state index contributed by atoms with van der Waals surface area (Å²) in [5.74, 6) is -0.835. The van der Waals surface area contributed by atoms with Gasteiger partial charge < -0.3 is 14.4 Å². The highest BCUT2D eigenvalue weighted by atomic mass is 31.2. The molecule has 0 aliphatic heterocycles. The van der Waals surface area contributed by atoms with Crippen molar-refractivity contribution in [3.8, 4) is 0 Å². The van der Waals surface area contributed by atoms with Gasteiger partial charge in [-0.3, -0.25) is 18.6 Å². The van der Waals surface area contributed by atoms with Crippen LogP contribution in [0, 0.1) is 0 Å². The van der Waals surface area contributed by atoms with Gasteiger partial charge in [-0.05, 0) is 51.4 Å². The Morgan fingerprint density at radius 3 is 1.62 bits per heavy atom. The zero-order valence-corrected chi connectivity index (χ0v) is 30.8. The van der Waals surface area contributed by atoms with Crippen molar-refractivity contribution in [3.05, 3.63) is 48.6 Å². The topological polar surface area (TPSA) is 108 Å². The van der Waals surface area contributed by atoms with E-state index in [1.807, 2.05) is 0 Å². The summed E-state index contributed by atoms with van der Waals surface area (Å²) >= 11 is 0. The first kappa shape index (κ1) is 45.0. The number of hydrogen-bond donors (Lipinski definition) is 1. The summed E-state index contributed by atoms with van der Waals surface area (Å²) in [6.45, 7) is 3.73. The van der Waals surface area contributed by atoms with E-state index in [1.54, 1.807) is 0 Å². The molecule has 0 saturated heterocycles. The van der Waals surface area contributed by atoms with Crippen LogP contribution in [0.4, 0.5) is 0 Å². The molecule has 1 N–H and O–H groups in total. The second-order valence-electron chi connectivity index (χ2n) is 12.0. The van der Waals surface area contributed by atoms with Crippen LogP contribution in [-0.4, -0.2) is 43.3 Å². The first-order chi connectivity index (χ1) is 22.8. The van der Waals surface area contributed by atoms with Gasteiger partial charge in [-0.15, -0.1) is 0 Å². The number of phosphoric acid groups is 1. The largest absolute Gasteiger partial charge is 0.472 e. The third kappa shape index (κ3) is 33.7. The van der Waals surface area contributed by atoms with Gasteiger partial charge in [-0.1, -0.05) is 140 Å². The average molecular weight is 683 g/mol. The van der Waals surface area contributed by atoms with Crippen molar-refractivity contribution in [3.63, 3.8) is 0 Å². The van der Waals surface area contributed by atoms with Gasteiger partial charge in [0.05, 0.1) is 6.61 Å². The van der Waals surface area contributed by atoms with Crippen LogP contribution in [0.5, 0.6) is 0 Å². The van der Waals surface area contributed by atoms with Crippen molar-refractivity contribution in [2.45, 2.75) is 161 Å². The van der Waals surface area contributed by atoms with Crippen molar-refractivity contribution in [2.24, 2.45) is 0 Å². The molecule has 0 bridgehead atoms. The SMILES string of the molecule is CC/C=C\C/C=C\C/C=C\C/C=C\CCCCCCC(=O)OC(COC(=O)CCCCCCCCCCCCC)COP(=O)(O)OC. The van der Waals surface area contributed by atoms with Gasteiger partial charge in [-0.25, -0.2) is 4.57 Å². The Morgan fingerprint density at radius 2 is 1.09 bits per heavy atom. The maximum atomic E-state index is 12.4. The average Bonchev–Trinajstić information content (AvgIpc) is 3.06. The van der Waals surface area contributed by atoms with E-state index in [-0.39, 0.29) is 25.4 Å². The zero-order chi connectivity index (χ0) is 34.7. The van der Waals surface area contributed by atoms with Crippen LogP contribution in [0.2, 0.25) is 0 Å². The minimum atomic E-state index is -4.26. The van der Waals surface area contributed by atoms with Gasteiger partial charge in [0.2, 0.25) is 0 Å². The van der Waals surface area contributed by atoms with E-state index in [0.29, 0.717) is 6.42 Å². The Balaban J connectivity index is 4.13. The van der Waals surface area contributed by atoms with Crippen LogP contribution in [0.3, 0.4) is 0 Å². The fourth-order valence-electron chi connectivity index (χ4n) is 4.77. The summed E-state index contributed by atoms with van der Waals surface area (Å²) in [5.41, 5.74) is 0. The zero-order valence-electron chi connectivity index (χ0n) is 29.9. The Kier molecular flexibility index (Phi) is 32.5. The molecule has 0 radical (unpaired) electrons. The summed E-state index contributed by atoms with van der Waals surface area (Å²) < 4.78 is 31.8. The van der Waals surface area contributed by atoms with Gasteiger partial charge in [0.25, 0.3) is 0 Å². The number of unbranched alkanes of at least 4 members (excludes halogenated alkanes) is 14. The lowest BCUT2D eigenvalue weighted by molar-refractivity contribution is -0.161. The third-order valence-corrected chi connectivity index (χ3v) is 8.52. The predicted molar refractivity (Wildman–Crippen MR) is 193 cm³/mol. The minimum absolute atomic E-state index is 0.216. The molecule has 0 aliphatic carbocycles. The first-order valence-electron chi connectivity index (χ1n) is 18.3. The van der Waals surface area contributed by atoms with Crippen molar-refractivity contribution < 1.29 is 37.6 Å². The molecule has 2 unspecified atom stereocenters. The Bertz CT molecular complexity index is 911. The molecule has 0 heterocycles. The number of esters is 2. The summed E-state index contributed by atoms with van der Waals surface area (Å²) in [4.78, 5) is 34.3. The second-order valence-corrected chi connectivity index (χ2v) is 13.5. The lowest BCUT2D eigenvalue weighted by Gasteiger charge is -2.19. The van der Waals surface area contributed by atoms with Crippen LogP contribution >= 0.6 is 7.82 Å². The van der Waals surface area contributed by atoms with Crippen LogP contribution in [0.1, 0.15) is 155 Å². The van der Waals surface area contributed by atoms with Crippen LogP contribution in [0.15, 0.2) is 48.6 Å². The molecule has 0 spiro atoms. The monoisotopic (exact) mass is 682 g/mol. The van der Waals surface area contributed by atoms with Crippen LogP contribution in [0.25, 0.3) is 0 Å². The molecule has 272 valence electrons. The van der Waals surface area contributed by atoms with E-state index in [9.17, 15) is 19.0 Å². The second kappa shape index (κ2) is 33.9. The van der Waals surface area contributed by atoms with Crippen LogP contribution < -0.4 is 0 Å². The number of ether oxygens (including phenoxy) is 2. The molecule has 8 nitrogen and oxygen atoms in total. The fourth-order valence-corrected chi connectivity index (χ4v) is 5.23. The smallest absolute Gasteiger partial charge is 0.462 e. The van der Waals surface area contributed by atoms with Crippen molar-refractivity contribution in [1.29, 1.82) is 0 Å². The van der Waals surface area contributed by atoms with Gasteiger partial charge in [-0.2, -0.15) is 0 Å². The van der Waals surface area contributed by atoms with E-state index in [2.05, 4.69) is 67.0 Å². The number of carbonyl (C=O) groups is 2. The van der Waals surface area contributed by atoms with Crippen LogP contribution in [-0.2, 0) is 32.7 Å². The molecular weight excluding hydrogens is 615 g/mol. The highest BCUT2D eigenvalue weighted by Gasteiger charge is 2.24. The molecule has 0 rings (SSSR count). The van der Waals surface area contributed by atoms with Gasteiger partial charge in [0.15, 0.2) is 6.10 Å². The molecule has 47 heavy (non-hydrogen) atoms. The molecule has 0 aromatic carbocycles. The fraction of sp³-hybridized carbons (Fsp3) is 0.737. The molecule has 0 saturated carbocycles. The maximum absolute atomic E-state index is 12.4. The number of rotatable bonds is 33. The van der Waals surface area contributed by atoms with E-state index >= 15 is 0 Å². The van der Waals surface area contributed by atoms with E-state index < -0.39 is 26.5 Å². The van der Waals surface area contributed by atoms with Gasteiger partial charge >= 0.3 is 19.8 Å². The highest BCUT2D eigenvalue weighted by molar-refractivity contribution is 7.47. The summed E-state index contributed by atoms with van der Waals surface area (Å²) in [6, 6.07) is 0. The summed E-state index contributed by atoms with van der Waals surface area (Å²) in [5, 5.41) is 0. The molecule has 0 amide bonds. The molecular formula is C38H67O8P. The summed E-state index contributed by atoms with van der Waals surface area (Å²) in [7, 11) is -3.21. The Morgan fingerprint density at radius 1 is 0.617 bits per heavy atom. The number of carbonyl (C=O) groups excluding carboxylic acids is 2. The lowest BCUT2D eigenvalue weighted by atomic mass is 10.1. The lowest BCUT2D eigenvalue weighted by Crippen LogP contribution is -2.29.